The maximum absolute atomic E-state index is 13.9. The fraction of sp³-hybridized carbons (Fsp3) is 0.217. The van der Waals surface area contributed by atoms with Gasteiger partial charge in [0.15, 0.2) is 5.82 Å². The van der Waals surface area contributed by atoms with Gasteiger partial charge in [0, 0.05) is 19.4 Å². The minimum absolute atomic E-state index is 0.119. The predicted molar refractivity (Wildman–Crippen MR) is 122 cm³/mol. The molecule has 0 aliphatic carbocycles. The fourth-order valence-corrected chi connectivity index (χ4v) is 3.35. The second-order valence-electron chi connectivity index (χ2n) is 8.01. The van der Waals surface area contributed by atoms with E-state index < -0.39 is 41.7 Å². The first-order chi connectivity index (χ1) is 18.4. The lowest BCUT2D eigenvalue weighted by molar-refractivity contribution is -0.148. The van der Waals surface area contributed by atoms with Gasteiger partial charge in [0.1, 0.15) is 11.9 Å². The van der Waals surface area contributed by atoms with E-state index in [1.807, 2.05) is 0 Å². The number of halogens is 5. The summed E-state index contributed by atoms with van der Waals surface area (Å²) in [5.74, 6) is -4.55. The van der Waals surface area contributed by atoms with Crippen LogP contribution in [0.5, 0.6) is 0 Å². The molecule has 0 radical (unpaired) electrons. The molecule has 11 nitrogen and oxygen atoms in total. The number of aromatic nitrogens is 7. The highest BCUT2D eigenvalue weighted by molar-refractivity contribution is 6.03. The number of hydrogen-bond acceptors (Lipinski definition) is 9. The van der Waals surface area contributed by atoms with Crippen LogP contribution < -0.4 is 5.32 Å². The molecular weight excluding hydrogens is 531 g/mol. The first-order valence-electron chi connectivity index (χ1n) is 11.0. The van der Waals surface area contributed by atoms with Gasteiger partial charge in [0.05, 0.1) is 59.3 Å². The number of alkyl halides is 3. The number of hydrogen-bond donors (Lipinski definition) is 1. The number of aryl methyl sites for hydroxylation is 1. The summed E-state index contributed by atoms with van der Waals surface area (Å²) in [6.07, 6.45) is -0.116. The SMILES string of the molecule is C[C@@H](OC(=O)Cc1c(-c2ncc(NC(=O)c3cnc(C(F)(F)F)nc3)cn2)cnn1C)c1cc(F)cnc1F. The highest BCUT2D eigenvalue weighted by Gasteiger charge is 2.34. The molecule has 16 heteroatoms. The number of nitrogens with one attached hydrogen (secondary N) is 1. The number of anilines is 1. The Morgan fingerprint density at radius 2 is 1.67 bits per heavy atom. The predicted octanol–water partition coefficient (Wildman–Crippen LogP) is 3.46. The van der Waals surface area contributed by atoms with Crippen LogP contribution in [0.25, 0.3) is 11.4 Å². The van der Waals surface area contributed by atoms with Crippen molar-refractivity contribution in [2.24, 2.45) is 7.05 Å². The Labute approximate surface area is 216 Å². The van der Waals surface area contributed by atoms with Crippen LogP contribution in [0.2, 0.25) is 0 Å². The maximum atomic E-state index is 13.9. The van der Waals surface area contributed by atoms with Gasteiger partial charge in [-0.15, -0.1) is 0 Å². The van der Waals surface area contributed by atoms with Gasteiger partial charge >= 0.3 is 12.1 Å². The minimum atomic E-state index is -4.74. The number of esters is 1. The second-order valence-corrected chi connectivity index (χ2v) is 8.01. The minimum Gasteiger partial charge on any atom is -0.457 e. The van der Waals surface area contributed by atoms with Crippen molar-refractivity contribution in [3.8, 4) is 11.4 Å². The van der Waals surface area contributed by atoms with Gasteiger partial charge in [0.25, 0.3) is 5.91 Å². The molecule has 4 aromatic rings. The van der Waals surface area contributed by atoms with Crippen LogP contribution >= 0.6 is 0 Å². The van der Waals surface area contributed by atoms with E-state index in [9.17, 15) is 31.5 Å². The van der Waals surface area contributed by atoms with Crippen molar-refractivity contribution >= 4 is 17.6 Å². The van der Waals surface area contributed by atoms with Crippen LogP contribution in [0.1, 0.15) is 40.5 Å². The molecule has 1 N–H and O–H groups in total. The van der Waals surface area contributed by atoms with E-state index in [0.717, 1.165) is 18.5 Å². The molecule has 4 rings (SSSR count). The van der Waals surface area contributed by atoms with Crippen LogP contribution in [0.15, 0.2) is 43.2 Å². The van der Waals surface area contributed by atoms with Gasteiger partial charge in [-0.1, -0.05) is 0 Å². The zero-order valence-electron chi connectivity index (χ0n) is 20.1. The molecule has 0 bridgehead atoms. The van der Waals surface area contributed by atoms with Crippen molar-refractivity contribution in [1.82, 2.24) is 34.7 Å². The number of rotatable bonds is 7. The zero-order valence-corrected chi connectivity index (χ0v) is 20.1. The first-order valence-corrected chi connectivity index (χ1v) is 11.0. The molecule has 4 aromatic heterocycles. The number of pyridine rings is 1. The Morgan fingerprint density at radius 1 is 1.00 bits per heavy atom. The molecule has 1 amide bonds. The van der Waals surface area contributed by atoms with Crippen molar-refractivity contribution in [3.63, 3.8) is 0 Å². The fourth-order valence-electron chi connectivity index (χ4n) is 3.35. The molecule has 1 atom stereocenters. The lowest BCUT2D eigenvalue weighted by Gasteiger charge is -2.14. The van der Waals surface area contributed by atoms with Crippen molar-refractivity contribution in [3.05, 3.63) is 77.7 Å². The Bertz CT molecular complexity index is 1510. The summed E-state index contributed by atoms with van der Waals surface area (Å²) in [6, 6.07) is 0.883. The Balaban J connectivity index is 1.43. The molecule has 0 saturated heterocycles. The number of carbonyl (C=O) groups excluding carboxylic acids is 2. The molecule has 0 fully saturated rings. The molecule has 0 aliphatic rings. The average Bonchev–Trinajstić information content (AvgIpc) is 3.25. The van der Waals surface area contributed by atoms with Crippen LogP contribution in [0.4, 0.5) is 27.6 Å². The van der Waals surface area contributed by atoms with Gasteiger partial charge in [-0.2, -0.15) is 22.7 Å². The van der Waals surface area contributed by atoms with E-state index in [-0.39, 0.29) is 29.1 Å². The van der Waals surface area contributed by atoms with Crippen molar-refractivity contribution in [1.29, 1.82) is 0 Å². The van der Waals surface area contributed by atoms with Gasteiger partial charge in [-0.25, -0.2) is 29.3 Å². The molecular formula is C23H17F5N8O3. The summed E-state index contributed by atoms with van der Waals surface area (Å²) in [7, 11) is 1.56. The first kappa shape index (κ1) is 27.2. The van der Waals surface area contributed by atoms with Crippen molar-refractivity contribution in [2.75, 3.05) is 5.32 Å². The number of amides is 1. The van der Waals surface area contributed by atoms with Crippen LogP contribution in [-0.4, -0.2) is 46.6 Å². The Morgan fingerprint density at radius 3 is 2.31 bits per heavy atom. The molecule has 0 spiro atoms. The summed E-state index contributed by atoms with van der Waals surface area (Å²) in [6.45, 7) is 1.37. The number of nitrogens with zero attached hydrogens (tertiary/aromatic N) is 7. The summed E-state index contributed by atoms with van der Waals surface area (Å²) in [4.78, 5) is 42.7. The summed E-state index contributed by atoms with van der Waals surface area (Å²) in [5.41, 5.74) is 0.382. The molecule has 4 heterocycles. The molecule has 0 saturated carbocycles. The third kappa shape index (κ3) is 6.34. The average molecular weight is 548 g/mol. The molecule has 0 aromatic carbocycles. The van der Waals surface area contributed by atoms with Crippen LogP contribution in [0.3, 0.4) is 0 Å². The lowest BCUT2D eigenvalue weighted by atomic mass is 10.1. The molecule has 0 aliphatic heterocycles. The maximum Gasteiger partial charge on any atom is 0.451 e. The van der Waals surface area contributed by atoms with E-state index in [4.69, 9.17) is 4.74 Å². The topological polar surface area (TPSA) is 138 Å². The number of carbonyl (C=O) groups is 2. The van der Waals surface area contributed by atoms with Crippen LogP contribution in [-0.2, 0) is 29.2 Å². The van der Waals surface area contributed by atoms with Crippen molar-refractivity contribution < 1.29 is 36.3 Å². The standard InChI is InChI=1S/C23H17F5N8O3/c1-11(15-3-13(24)7-29-19(15)25)39-18(37)4-17-16(10-34-36(17)2)20-30-8-14(9-31-20)35-21(38)12-5-32-22(33-6-12)23(26,27)28/h3,5-11H,4H2,1-2H3,(H,35,38)/t11-/m1/s1. The molecule has 202 valence electrons. The molecule has 39 heavy (non-hydrogen) atoms. The third-order valence-electron chi connectivity index (χ3n) is 5.27. The largest absolute Gasteiger partial charge is 0.457 e. The highest BCUT2D eigenvalue weighted by atomic mass is 19.4. The van der Waals surface area contributed by atoms with Gasteiger partial charge in [-0.05, 0) is 13.0 Å². The summed E-state index contributed by atoms with van der Waals surface area (Å²) >= 11 is 0. The van der Waals surface area contributed by atoms with E-state index in [1.54, 1.807) is 7.05 Å². The quantitative estimate of drug-likeness (QED) is 0.209. The van der Waals surface area contributed by atoms with E-state index >= 15 is 0 Å². The second kappa shape index (κ2) is 10.8. The Kier molecular flexibility index (Phi) is 7.55. The number of ether oxygens (including phenoxy) is 1. The van der Waals surface area contributed by atoms with Gasteiger partial charge in [0.2, 0.25) is 11.8 Å². The Hall–Kier alpha value is -4.89. The summed E-state index contributed by atoms with van der Waals surface area (Å²) in [5, 5.41) is 6.50. The third-order valence-corrected chi connectivity index (χ3v) is 5.27. The smallest absolute Gasteiger partial charge is 0.451 e. The van der Waals surface area contributed by atoms with Gasteiger partial charge < -0.3 is 10.1 Å². The van der Waals surface area contributed by atoms with E-state index in [2.05, 4.69) is 35.3 Å². The normalized spacial score (nSPS) is 12.2. The lowest BCUT2D eigenvalue weighted by Crippen LogP contribution is -2.16. The monoisotopic (exact) mass is 548 g/mol. The summed E-state index contributed by atoms with van der Waals surface area (Å²) < 4.78 is 71.7. The van der Waals surface area contributed by atoms with Gasteiger partial charge in [-0.3, -0.25) is 14.3 Å². The molecule has 0 unspecified atom stereocenters. The van der Waals surface area contributed by atoms with Crippen molar-refractivity contribution in [2.45, 2.75) is 25.6 Å². The highest BCUT2D eigenvalue weighted by Crippen LogP contribution is 2.26. The zero-order chi connectivity index (χ0) is 28.3. The van der Waals surface area contributed by atoms with E-state index in [1.165, 1.54) is 30.2 Å². The van der Waals surface area contributed by atoms with Crippen LogP contribution in [0, 0.1) is 11.8 Å². The van der Waals surface area contributed by atoms with E-state index in [0.29, 0.717) is 17.5 Å².